The molecule has 0 amide bonds. The van der Waals surface area contributed by atoms with E-state index < -0.39 is 6.10 Å². The number of rotatable bonds is 1. The zero-order valence-electron chi connectivity index (χ0n) is 8.65. The summed E-state index contributed by atoms with van der Waals surface area (Å²) in [5, 5.41) is 10.5. The first-order chi connectivity index (χ1) is 7.75. The van der Waals surface area contributed by atoms with Gasteiger partial charge in [-0.1, -0.05) is 53.8 Å². The number of benzene rings is 1. The third-order valence-corrected chi connectivity index (χ3v) is 2.58. The Balaban J connectivity index is 2.07. The molecule has 1 aromatic carbocycles. The standard InChI is InChI=1S/C14H11ClO/c15-13-8-6-12(7-9-13)14(16)10-5-11-3-1-2-4-11/h1-3,6-9,14,16H,4H2. The summed E-state index contributed by atoms with van der Waals surface area (Å²) in [5.41, 5.74) is 1.80. The Labute approximate surface area is 100 Å². The largest absolute Gasteiger partial charge is 0.376 e. The third kappa shape index (κ3) is 2.76. The quantitative estimate of drug-likeness (QED) is 0.735. The maximum atomic E-state index is 9.81. The monoisotopic (exact) mass is 230 g/mol. The highest BCUT2D eigenvalue weighted by Gasteiger charge is 2.03. The Morgan fingerprint density at radius 1 is 1.25 bits per heavy atom. The number of aliphatic hydroxyl groups excluding tert-OH is 1. The number of aliphatic hydroxyl groups is 1. The molecule has 0 aromatic heterocycles. The van der Waals surface area contributed by atoms with Crippen LogP contribution in [0.4, 0.5) is 0 Å². The molecule has 16 heavy (non-hydrogen) atoms. The van der Waals surface area contributed by atoms with Gasteiger partial charge in [-0.05, 0) is 24.1 Å². The number of hydrogen-bond donors (Lipinski definition) is 1. The summed E-state index contributed by atoms with van der Waals surface area (Å²) in [5.74, 6) is 5.77. The number of halogens is 1. The molecule has 1 atom stereocenters. The van der Waals surface area contributed by atoms with E-state index in [0.29, 0.717) is 5.02 Å². The van der Waals surface area contributed by atoms with Crippen molar-refractivity contribution in [1.82, 2.24) is 0 Å². The van der Waals surface area contributed by atoms with Gasteiger partial charge in [0.15, 0.2) is 0 Å². The highest BCUT2D eigenvalue weighted by Crippen LogP contribution is 2.16. The van der Waals surface area contributed by atoms with E-state index in [1.54, 1.807) is 24.3 Å². The van der Waals surface area contributed by atoms with Gasteiger partial charge in [0, 0.05) is 10.6 Å². The summed E-state index contributed by atoms with van der Waals surface area (Å²) in [6.45, 7) is 0. The first kappa shape index (κ1) is 11.0. The molecule has 1 aliphatic carbocycles. The maximum Gasteiger partial charge on any atom is 0.140 e. The van der Waals surface area contributed by atoms with E-state index in [4.69, 9.17) is 11.6 Å². The molecule has 80 valence electrons. The van der Waals surface area contributed by atoms with Gasteiger partial charge in [-0.2, -0.15) is 0 Å². The molecule has 0 heterocycles. The normalized spacial score (nSPS) is 15.2. The Bertz CT molecular complexity index is 486. The van der Waals surface area contributed by atoms with Crippen LogP contribution in [0.15, 0.2) is 48.1 Å². The molecule has 1 aliphatic rings. The minimum Gasteiger partial charge on any atom is -0.376 e. The molecule has 0 bridgehead atoms. The summed E-state index contributed by atoms with van der Waals surface area (Å²) in [6.07, 6.45) is 6.08. The van der Waals surface area contributed by atoms with E-state index in [9.17, 15) is 5.11 Å². The first-order valence-electron chi connectivity index (χ1n) is 5.06. The van der Waals surface area contributed by atoms with Crippen molar-refractivity contribution in [2.45, 2.75) is 12.5 Å². The lowest BCUT2D eigenvalue weighted by Crippen LogP contribution is -1.92. The molecule has 2 rings (SSSR count). The van der Waals surface area contributed by atoms with Crippen molar-refractivity contribution in [3.8, 4) is 11.8 Å². The predicted octanol–water partition coefficient (Wildman–Crippen LogP) is 3.26. The minimum atomic E-state index is -0.751. The van der Waals surface area contributed by atoms with E-state index in [1.165, 1.54) is 0 Å². The Hall–Kier alpha value is -1.49. The zero-order valence-corrected chi connectivity index (χ0v) is 9.41. The number of allylic oxidation sites excluding steroid dienone is 4. The summed E-state index contributed by atoms with van der Waals surface area (Å²) in [7, 11) is 0. The van der Waals surface area contributed by atoms with Crippen LogP contribution in [0.3, 0.4) is 0 Å². The Morgan fingerprint density at radius 3 is 2.62 bits per heavy atom. The fourth-order valence-corrected chi connectivity index (χ4v) is 1.56. The highest BCUT2D eigenvalue weighted by atomic mass is 35.5. The second-order valence-electron chi connectivity index (χ2n) is 3.55. The van der Waals surface area contributed by atoms with Gasteiger partial charge in [-0.15, -0.1) is 0 Å². The van der Waals surface area contributed by atoms with Gasteiger partial charge in [0.2, 0.25) is 0 Å². The topological polar surface area (TPSA) is 20.2 Å². The average Bonchev–Trinajstić information content (AvgIpc) is 2.80. The molecule has 0 saturated heterocycles. The molecule has 0 spiro atoms. The smallest absolute Gasteiger partial charge is 0.140 e. The molecule has 1 unspecified atom stereocenters. The van der Waals surface area contributed by atoms with Crippen molar-refractivity contribution in [3.63, 3.8) is 0 Å². The van der Waals surface area contributed by atoms with Crippen LogP contribution in [0.5, 0.6) is 0 Å². The van der Waals surface area contributed by atoms with Crippen molar-refractivity contribution in [2.24, 2.45) is 0 Å². The van der Waals surface area contributed by atoms with Gasteiger partial charge < -0.3 is 5.11 Å². The van der Waals surface area contributed by atoms with Gasteiger partial charge in [0.05, 0.1) is 0 Å². The van der Waals surface area contributed by atoms with Crippen molar-refractivity contribution in [3.05, 3.63) is 58.7 Å². The fourth-order valence-electron chi connectivity index (χ4n) is 1.43. The van der Waals surface area contributed by atoms with Crippen molar-refractivity contribution < 1.29 is 5.11 Å². The van der Waals surface area contributed by atoms with Gasteiger partial charge in [0.1, 0.15) is 6.10 Å². The lowest BCUT2D eigenvalue weighted by molar-refractivity contribution is 0.238. The summed E-state index contributed by atoms with van der Waals surface area (Å²) in [4.78, 5) is 0. The molecule has 1 N–H and O–H groups in total. The van der Waals surface area contributed by atoms with E-state index in [2.05, 4.69) is 11.8 Å². The lowest BCUT2D eigenvalue weighted by Gasteiger charge is -2.02. The second-order valence-corrected chi connectivity index (χ2v) is 3.98. The maximum absolute atomic E-state index is 9.81. The average molecular weight is 231 g/mol. The Morgan fingerprint density at radius 2 is 2.00 bits per heavy atom. The zero-order chi connectivity index (χ0) is 11.4. The molecule has 1 aromatic rings. The van der Waals surface area contributed by atoms with Gasteiger partial charge in [0.25, 0.3) is 0 Å². The van der Waals surface area contributed by atoms with Crippen LogP contribution in [-0.2, 0) is 0 Å². The van der Waals surface area contributed by atoms with Crippen LogP contribution >= 0.6 is 11.6 Å². The van der Waals surface area contributed by atoms with E-state index in [-0.39, 0.29) is 0 Å². The lowest BCUT2D eigenvalue weighted by atomic mass is 10.1. The van der Waals surface area contributed by atoms with Gasteiger partial charge in [-0.25, -0.2) is 0 Å². The van der Waals surface area contributed by atoms with Crippen LogP contribution in [0, 0.1) is 11.8 Å². The van der Waals surface area contributed by atoms with E-state index >= 15 is 0 Å². The molecular formula is C14H11ClO. The molecule has 2 heteroatoms. The van der Waals surface area contributed by atoms with Gasteiger partial charge >= 0.3 is 0 Å². The van der Waals surface area contributed by atoms with Crippen LogP contribution in [-0.4, -0.2) is 5.11 Å². The van der Waals surface area contributed by atoms with Crippen LogP contribution in [0.1, 0.15) is 18.1 Å². The highest BCUT2D eigenvalue weighted by molar-refractivity contribution is 6.30. The minimum absolute atomic E-state index is 0.659. The van der Waals surface area contributed by atoms with Crippen molar-refractivity contribution >= 4 is 11.6 Å². The summed E-state index contributed by atoms with van der Waals surface area (Å²) in [6, 6.07) is 7.06. The number of hydrogen-bond acceptors (Lipinski definition) is 1. The Kier molecular flexibility index (Phi) is 3.46. The van der Waals surface area contributed by atoms with E-state index in [0.717, 1.165) is 17.6 Å². The summed E-state index contributed by atoms with van der Waals surface area (Å²) >= 11 is 5.76. The van der Waals surface area contributed by atoms with E-state index in [1.807, 2.05) is 18.2 Å². The van der Waals surface area contributed by atoms with Crippen LogP contribution < -0.4 is 0 Å². The fraction of sp³-hybridized carbons (Fsp3) is 0.143. The molecule has 0 fully saturated rings. The molecule has 0 saturated carbocycles. The molecule has 1 nitrogen and oxygen atoms in total. The molecule has 0 radical (unpaired) electrons. The first-order valence-corrected chi connectivity index (χ1v) is 5.44. The summed E-state index contributed by atoms with van der Waals surface area (Å²) < 4.78 is 0. The van der Waals surface area contributed by atoms with Crippen molar-refractivity contribution in [1.29, 1.82) is 0 Å². The molecular weight excluding hydrogens is 220 g/mol. The van der Waals surface area contributed by atoms with Crippen LogP contribution in [0.2, 0.25) is 5.02 Å². The SMILES string of the molecule is OC(C#CC1=CC=CC1)c1ccc(Cl)cc1. The van der Waals surface area contributed by atoms with Gasteiger partial charge in [-0.3, -0.25) is 0 Å². The van der Waals surface area contributed by atoms with Crippen molar-refractivity contribution in [2.75, 3.05) is 0 Å². The third-order valence-electron chi connectivity index (χ3n) is 2.33. The van der Waals surface area contributed by atoms with Crippen LogP contribution in [0.25, 0.3) is 0 Å². The molecule has 0 aliphatic heterocycles. The second kappa shape index (κ2) is 5.03. The predicted molar refractivity (Wildman–Crippen MR) is 66.0 cm³/mol.